The lowest BCUT2D eigenvalue weighted by molar-refractivity contribution is -0.384. The quantitative estimate of drug-likeness (QED) is 0.217. The summed E-state index contributed by atoms with van der Waals surface area (Å²) < 4.78 is 0. The first-order valence-electron chi connectivity index (χ1n) is 8.88. The van der Waals surface area contributed by atoms with Crippen LogP contribution in [-0.2, 0) is 0 Å². The summed E-state index contributed by atoms with van der Waals surface area (Å²) in [6, 6.07) is 16.0. The van der Waals surface area contributed by atoms with Crippen molar-refractivity contribution in [2.24, 2.45) is 5.10 Å². The molecule has 0 saturated carbocycles. The highest BCUT2D eigenvalue weighted by atomic mass is 32.1. The van der Waals surface area contributed by atoms with Crippen molar-refractivity contribution in [2.75, 3.05) is 0 Å². The maximum atomic E-state index is 10.7. The molecule has 0 bridgehead atoms. The summed E-state index contributed by atoms with van der Waals surface area (Å²) in [6.07, 6.45) is 2.70. The van der Waals surface area contributed by atoms with Gasteiger partial charge in [-0.3, -0.25) is 15.5 Å². The number of aromatic nitrogens is 1. The highest BCUT2D eigenvalue weighted by molar-refractivity contribution is 7.80. The maximum absolute atomic E-state index is 10.7. The summed E-state index contributed by atoms with van der Waals surface area (Å²) in [6.45, 7) is 0. The Labute approximate surface area is 176 Å². The van der Waals surface area contributed by atoms with E-state index in [0.29, 0.717) is 21.9 Å². The molecular formula is C20H15N7O2S. The number of rotatable bonds is 5. The van der Waals surface area contributed by atoms with Gasteiger partial charge in [0.2, 0.25) is 0 Å². The van der Waals surface area contributed by atoms with E-state index in [1.807, 2.05) is 30.5 Å². The third-order valence-electron chi connectivity index (χ3n) is 4.57. The number of fused-ring (bicyclic) bond motifs is 1. The molecule has 148 valence electrons. The summed E-state index contributed by atoms with van der Waals surface area (Å²) in [5.74, 6) is 0. The summed E-state index contributed by atoms with van der Waals surface area (Å²) >= 11 is 5.31. The highest BCUT2D eigenvalue weighted by Gasteiger charge is 2.27. The number of non-ortho nitro benzene ring substituents is 1. The number of hydrogen-bond donors (Lipinski definition) is 4. The van der Waals surface area contributed by atoms with Crippen molar-refractivity contribution in [2.45, 2.75) is 6.17 Å². The van der Waals surface area contributed by atoms with Crippen molar-refractivity contribution in [3.05, 3.63) is 81.5 Å². The standard InChI is InChI=1S/C20H15N7O2S/c21-9-15-18(16-11-22-17-4-2-1-3-14(16)17)24-20(30)25-19(15)26-23-10-12-5-7-13(8-6-12)27(28)29/h1-8,10-11,19,22,26H,(H2,24,25,30)/b23-10+. The molecule has 0 radical (unpaired) electrons. The number of para-hydroxylation sites is 1. The Morgan fingerprint density at radius 1 is 1.23 bits per heavy atom. The summed E-state index contributed by atoms with van der Waals surface area (Å²) in [7, 11) is 0. The van der Waals surface area contributed by atoms with Gasteiger partial charge in [0.05, 0.1) is 22.4 Å². The number of nitrogens with zero attached hydrogens (tertiary/aromatic N) is 3. The highest BCUT2D eigenvalue weighted by Crippen LogP contribution is 2.27. The van der Waals surface area contributed by atoms with Crippen LogP contribution in [0.1, 0.15) is 11.1 Å². The number of aromatic amines is 1. The van der Waals surface area contributed by atoms with E-state index < -0.39 is 11.1 Å². The van der Waals surface area contributed by atoms with Crippen LogP contribution in [0.25, 0.3) is 16.6 Å². The average Bonchev–Trinajstić information content (AvgIpc) is 3.18. The van der Waals surface area contributed by atoms with Crippen molar-refractivity contribution in [3.63, 3.8) is 0 Å². The summed E-state index contributed by atoms with van der Waals surface area (Å²) in [4.78, 5) is 13.5. The van der Waals surface area contributed by atoms with Crippen molar-refractivity contribution >= 4 is 45.8 Å². The molecular weight excluding hydrogens is 402 g/mol. The lowest BCUT2D eigenvalue weighted by Gasteiger charge is -2.28. The lowest BCUT2D eigenvalue weighted by atomic mass is 10.0. The molecule has 4 N–H and O–H groups in total. The number of hydrogen-bond acceptors (Lipinski definition) is 6. The van der Waals surface area contributed by atoms with Gasteiger partial charge in [-0.25, -0.2) is 0 Å². The van der Waals surface area contributed by atoms with Crippen LogP contribution < -0.4 is 16.1 Å². The van der Waals surface area contributed by atoms with Crippen LogP contribution in [0.2, 0.25) is 0 Å². The zero-order chi connectivity index (χ0) is 21.1. The molecule has 2 heterocycles. The predicted molar refractivity (Wildman–Crippen MR) is 117 cm³/mol. The molecule has 4 rings (SSSR count). The first kappa shape index (κ1) is 19.1. The molecule has 0 aliphatic carbocycles. The Morgan fingerprint density at radius 2 is 2.00 bits per heavy atom. The molecule has 0 saturated heterocycles. The van der Waals surface area contributed by atoms with Gasteiger partial charge in [-0.05, 0) is 36.0 Å². The van der Waals surface area contributed by atoms with Crippen LogP contribution in [0.3, 0.4) is 0 Å². The van der Waals surface area contributed by atoms with Crippen molar-refractivity contribution < 1.29 is 4.92 Å². The molecule has 9 nitrogen and oxygen atoms in total. The molecule has 0 fully saturated rings. The Hall–Kier alpha value is -4.23. The second-order valence-electron chi connectivity index (χ2n) is 6.42. The number of benzene rings is 2. The monoisotopic (exact) mass is 417 g/mol. The second-order valence-corrected chi connectivity index (χ2v) is 6.82. The molecule has 1 aromatic heterocycles. The van der Waals surface area contributed by atoms with Gasteiger partial charge in [-0.15, -0.1) is 0 Å². The number of nitro groups is 1. The van der Waals surface area contributed by atoms with E-state index in [4.69, 9.17) is 12.2 Å². The predicted octanol–water partition coefficient (Wildman–Crippen LogP) is 2.74. The van der Waals surface area contributed by atoms with Crippen molar-refractivity contribution in [1.82, 2.24) is 21.0 Å². The van der Waals surface area contributed by atoms with Gasteiger partial charge in [-0.2, -0.15) is 10.4 Å². The average molecular weight is 417 g/mol. The first-order valence-corrected chi connectivity index (χ1v) is 9.29. The Kier molecular flexibility index (Phi) is 5.11. The number of H-pyrrole nitrogens is 1. The molecule has 30 heavy (non-hydrogen) atoms. The normalized spacial score (nSPS) is 16.2. The molecule has 1 aliphatic rings. The third-order valence-corrected chi connectivity index (χ3v) is 4.79. The van der Waals surface area contributed by atoms with Crippen LogP contribution in [-0.4, -0.2) is 27.4 Å². The Balaban J connectivity index is 1.61. The minimum absolute atomic E-state index is 0.00329. The molecule has 2 aromatic carbocycles. The van der Waals surface area contributed by atoms with Gasteiger partial charge in [0, 0.05) is 34.8 Å². The topological polar surface area (TPSA) is 131 Å². The van der Waals surface area contributed by atoms with E-state index in [0.717, 1.165) is 16.5 Å². The minimum atomic E-state index is -0.637. The number of nitro benzene ring substituents is 1. The van der Waals surface area contributed by atoms with Gasteiger partial charge in [-0.1, -0.05) is 18.2 Å². The lowest BCUT2D eigenvalue weighted by Crippen LogP contribution is -2.52. The van der Waals surface area contributed by atoms with Crippen LogP contribution >= 0.6 is 12.2 Å². The third kappa shape index (κ3) is 3.69. The zero-order valence-electron chi connectivity index (χ0n) is 15.4. The molecule has 3 aromatic rings. The molecule has 10 heteroatoms. The van der Waals surface area contributed by atoms with E-state index in [1.165, 1.54) is 18.3 Å². The summed E-state index contributed by atoms with van der Waals surface area (Å²) in [5, 5.41) is 32.1. The van der Waals surface area contributed by atoms with Gasteiger partial charge >= 0.3 is 0 Å². The van der Waals surface area contributed by atoms with E-state index in [2.05, 4.69) is 32.2 Å². The Bertz CT molecular complexity index is 1240. The van der Waals surface area contributed by atoms with Gasteiger partial charge in [0.1, 0.15) is 6.07 Å². The van der Waals surface area contributed by atoms with Crippen molar-refractivity contribution in [3.8, 4) is 6.07 Å². The minimum Gasteiger partial charge on any atom is -0.360 e. The smallest absolute Gasteiger partial charge is 0.269 e. The molecule has 1 aliphatic heterocycles. The first-order chi connectivity index (χ1) is 14.6. The second kappa shape index (κ2) is 8.02. The largest absolute Gasteiger partial charge is 0.360 e. The number of thiocarbonyl (C=S) groups is 1. The van der Waals surface area contributed by atoms with Gasteiger partial charge in [0.15, 0.2) is 11.3 Å². The fourth-order valence-corrected chi connectivity index (χ4v) is 3.36. The number of nitrogens with one attached hydrogen (secondary N) is 4. The van der Waals surface area contributed by atoms with Gasteiger partial charge in [0.25, 0.3) is 5.69 Å². The SMILES string of the molecule is N#CC1=C(c2c[nH]c3ccccc23)NC(=S)NC1N/N=C/c1ccc([N+](=O)[O-])cc1. The van der Waals surface area contributed by atoms with Gasteiger partial charge < -0.3 is 15.6 Å². The van der Waals surface area contributed by atoms with Crippen LogP contribution in [0.4, 0.5) is 5.69 Å². The van der Waals surface area contributed by atoms with Crippen molar-refractivity contribution in [1.29, 1.82) is 5.26 Å². The van der Waals surface area contributed by atoms with Crippen LogP contribution in [0.15, 0.2) is 65.4 Å². The van der Waals surface area contributed by atoms with E-state index >= 15 is 0 Å². The fraction of sp³-hybridized carbons (Fsp3) is 0.0500. The van der Waals surface area contributed by atoms with E-state index in [1.54, 1.807) is 12.1 Å². The van der Waals surface area contributed by atoms with Crippen LogP contribution in [0, 0.1) is 21.4 Å². The molecule has 1 unspecified atom stereocenters. The van der Waals surface area contributed by atoms with E-state index in [-0.39, 0.29) is 5.69 Å². The molecule has 0 spiro atoms. The summed E-state index contributed by atoms with van der Waals surface area (Å²) in [5.41, 5.74) is 6.33. The number of hydrazone groups is 1. The molecule has 0 amide bonds. The van der Waals surface area contributed by atoms with Crippen LogP contribution in [0.5, 0.6) is 0 Å². The Morgan fingerprint density at radius 3 is 2.73 bits per heavy atom. The molecule has 1 atom stereocenters. The van der Waals surface area contributed by atoms with E-state index in [9.17, 15) is 15.4 Å². The maximum Gasteiger partial charge on any atom is 0.269 e. The zero-order valence-corrected chi connectivity index (χ0v) is 16.2. The number of nitriles is 1. The fourth-order valence-electron chi connectivity index (χ4n) is 3.14.